The van der Waals surface area contributed by atoms with Crippen LogP contribution in [0.3, 0.4) is 0 Å². The first-order chi connectivity index (χ1) is 14.2. The van der Waals surface area contributed by atoms with Crippen molar-refractivity contribution in [2.75, 3.05) is 15.2 Å². The van der Waals surface area contributed by atoms with Gasteiger partial charge >= 0.3 is 0 Å². The van der Waals surface area contributed by atoms with E-state index in [1.54, 1.807) is 22.9 Å². The van der Waals surface area contributed by atoms with Gasteiger partial charge in [-0.2, -0.15) is 8.26 Å². The van der Waals surface area contributed by atoms with Gasteiger partial charge in [0.25, 0.3) is 27.2 Å². The van der Waals surface area contributed by atoms with Crippen molar-refractivity contribution in [3.63, 3.8) is 0 Å². The third kappa shape index (κ3) is 2.89. The summed E-state index contributed by atoms with van der Waals surface area (Å²) in [4.78, 5) is 6.75. The molecule has 8 nitrogen and oxygen atoms in total. The number of hydrogen-bond donors (Lipinski definition) is 1. The molecule has 0 aliphatic rings. The van der Waals surface area contributed by atoms with Crippen LogP contribution in [0.1, 0.15) is 0 Å². The van der Waals surface area contributed by atoms with Crippen molar-refractivity contribution in [3.05, 3.63) is 67.0 Å². The highest BCUT2D eigenvalue weighted by molar-refractivity contribution is 14.1. The molecule has 9 heteroatoms. The van der Waals surface area contributed by atoms with Gasteiger partial charge in [-0.15, -0.1) is 10.2 Å². The first-order valence-corrected chi connectivity index (χ1v) is 10.6. The van der Waals surface area contributed by atoms with E-state index in [0.717, 1.165) is 30.6 Å². The molecule has 0 aliphatic heterocycles. The highest BCUT2D eigenvalue weighted by Gasteiger charge is 2.17. The van der Waals surface area contributed by atoms with Crippen molar-refractivity contribution in [2.24, 2.45) is 0 Å². The molecule has 0 spiro atoms. The van der Waals surface area contributed by atoms with Gasteiger partial charge in [0.1, 0.15) is 12.1 Å². The zero-order valence-corrected chi connectivity index (χ0v) is 17.4. The van der Waals surface area contributed by atoms with Crippen LogP contribution in [0.15, 0.2) is 67.0 Å². The summed E-state index contributed by atoms with van der Waals surface area (Å²) < 4.78 is 13.7. The largest absolute Gasteiger partial charge is 0.328 e. The van der Waals surface area contributed by atoms with Crippen LogP contribution in [0.25, 0.3) is 27.5 Å². The number of rotatable bonds is 4. The van der Waals surface area contributed by atoms with E-state index in [9.17, 15) is 8.28 Å². The van der Waals surface area contributed by atoms with E-state index in [1.807, 2.05) is 36.2 Å². The van der Waals surface area contributed by atoms with Gasteiger partial charge in [-0.1, -0.05) is 36.4 Å². The van der Waals surface area contributed by atoms with E-state index in [0.29, 0.717) is 17.3 Å². The summed E-state index contributed by atoms with van der Waals surface area (Å²) in [5.41, 5.74) is 2.22. The maximum Gasteiger partial charge on any atom is 0.300 e. The predicted octanol–water partition coefficient (Wildman–Crippen LogP) is 4.63. The van der Waals surface area contributed by atoms with Crippen LogP contribution in [0, 0.1) is 0 Å². The number of anilines is 3. The lowest BCUT2D eigenvalue weighted by Crippen LogP contribution is -2.13. The lowest BCUT2D eigenvalue weighted by Gasteiger charge is -2.22. The van der Waals surface area contributed by atoms with Gasteiger partial charge in [-0.05, 0) is 29.7 Å². The van der Waals surface area contributed by atoms with Gasteiger partial charge in [-0.25, -0.2) is 3.07 Å². The van der Waals surface area contributed by atoms with Gasteiger partial charge in [0.15, 0.2) is 0 Å². The minimum atomic E-state index is -1.73. The standard InChI is InChI=1S/C20H15IN6O2/c1-25(17-8-4-6-13-5-2-3-7-15(13)17)19-16-10-9-14(27(29)21-28)11-18(16)26-12-22-24-20(26)23-19/h2-12,29H,1H3. The average molecular weight is 498 g/mol. The van der Waals surface area contributed by atoms with E-state index in [4.69, 9.17) is 4.98 Å². The smallest absolute Gasteiger partial charge is 0.300 e. The van der Waals surface area contributed by atoms with Crippen molar-refractivity contribution in [1.29, 1.82) is 0 Å². The summed E-state index contributed by atoms with van der Waals surface area (Å²) in [5.74, 6) is 1.16. The molecule has 0 saturated carbocycles. The highest BCUT2D eigenvalue weighted by atomic mass is 127. The lowest BCUT2D eigenvalue weighted by molar-refractivity contribution is 0.344. The Bertz CT molecular complexity index is 1380. The average Bonchev–Trinajstić information content (AvgIpc) is 3.25. The molecule has 0 aliphatic carbocycles. The molecule has 2 aromatic heterocycles. The van der Waals surface area contributed by atoms with Crippen molar-refractivity contribution in [2.45, 2.75) is 0 Å². The number of benzene rings is 3. The Morgan fingerprint density at radius 3 is 2.72 bits per heavy atom. The van der Waals surface area contributed by atoms with Crippen molar-refractivity contribution < 1.29 is 8.28 Å². The second kappa shape index (κ2) is 7.01. The van der Waals surface area contributed by atoms with Crippen LogP contribution < -0.4 is 8.18 Å². The molecule has 5 rings (SSSR count). The molecule has 0 fully saturated rings. The maximum atomic E-state index is 11.2. The first kappa shape index (κ1) is 17.9. The molecule has 0 bridgehead atoms. The summed E-state index contributed by atoms with van der Waals surface area (Å²) in [6, 6.07) is 19.7. The molecule has 0 radical (unpaired) electrons. The Morgan fingerprint density at radius 2 is 1.86 bits per heavy atom. The summed E-state index contributed by atoms with van der Waals surface area (Å²) >= 11 is -1.73. The second-order valence-corrected chi connectivity index (χ2v) is 7.83. The van der Waals surface area contributed by atoms with Crippen LogP contribution in [-0.2, 0) is 3.07 Å². The van der Waals surface area contributed by atoms with Crippen molar-refractivity contribution >= 4 is 66.1 Å². The number of aromatic nitrogens is 4. The minimum absolute atomic E-state index is 0.443. The molecule has 2 heterocycles. The molecule has 1 N–H and O–H groups in total. The highest BCUT2D eigenvalue weighted by Crippen LogP contribution is 2.35. The molecular formula is C20H15IN6O2. The number of halogens is 1. The van der Waals surface area contributed by atoms with Gasteiger partial charge in [0.05, 0.1) is 11.2 Å². The van der Waals surface area contributed by atoms with E-state index in [1.165, 1.54) is 0 Å². The fraction of sp³-hybridized carbons (Fsp3) is 0.0500. The Labute approximate surface area is 176 Å². The molecule has 0 unspecified atom stereocenters. The summed E-state index contributed by atoms with van der Waals surface area (Å²) in [7, 11) is 1.96. The topological polar surface area (TPSA) is 86.9 Å². The number of fused-ring (bicyclic) bond motifs is 4. The molecule has 0 amide bonds. The van der Waals surface area contributed by atoms with E-state index < -0.39 is 21.5 Å². The minimum Gasteiger partial charge on any atom is -0.328 e. The van der Waals surface area contributed by atoms with Crippen molar-refractivity contribution in [1.82, 2.24) is 19.6 Å². The summed E-state index contributed by atoms with van der Waals surface area (Å²) in [6.45, 7) is 0. The summed E-state index contributed by atoms with van der Waals surface area (Å²) in [5, 5.41) is 21.1. The van der Waals surface area contributed by atoms with Gasteiger partial charge < -0.3 is 4.90 Å². The van der Waals surface area contributed by atoms with Gasteiger partial charge in [0, 0.05) is 23.5 Å². The van der Waals surface area contributed by atoms with E-state index in [2.05, 4.69) is 34.5 Å². The lowest BCUT2D eigenvalue weighted by atomic mass is 10.1. The quantitative estimate of drug-likeness (QED) is 0.220. The molecule has 29 heavy (non-hydrogen) atoms. The number of hydrogen-bond acceptors (Lipinski definition) is 6. The fourth-order valence-electron chi connectivity index (χ4n) is 3.56. The SMILES string of the molecule is CN(c1cccc2ccccc12)c1nc2nncn2c2cc(N(O)I=O)ccc12. The van der Waals surface area contributed by atoms with Crippen molar-refractivity contribution in [3.8, 4) is 0 Å². The Hall–Kier alpha value is -3.18. The predicted molar refractivity (Wildman–Crippen MR) is 119 cm³/mol. The Kier molecular flexibility index (Phi) is 4.32. The molecular weight excluding hydrogens is 483 g/mol. The Morgan fingerprint density at radius 1 is 1.03 bits per heavy atom. The third-order valence-corrected chi connectivity index (χ3v) is 5.87. The molecule has 0 saturated heterocycles. The van der Waals surface area contributed by atoms with Crippen LogP contribution in [0.2, 0.25) is 0 Å². The van der Waals surface area contributed by atoms with E-state index in [-0.39, 0.29) is 0 Å². The monoisotopic (exact) mass is 498 g/mol. The molecule has 3 aromatic carbocycles. The third-order valence-electron chi connectivity index (χ3n) is 4.94. The van der Waals surface area contributed by atoms with Gasteiger partial charge in [-0.3, -0.25) is 9.61 Å². The zero-order valence-electron chi connectivity index (χ0n) is 15.3. The molecule has 5 aromatic rings. The van der Waals surface area contributed by atoms with Crippen LogP contribution >= 0.6 is 21.5 Å². The maximum absolute atomic E-state index is 11.2. The molecule has 144 valence electrons. The first-order valence-electron chi connectivity index (χ1n) is 8.79. The fourth-order valence-corrected chi connectivity index (χ4v) is 4.09. The normalized spacial score (nSPS) is 11.4. The van der Waals surface area contributed by atoms with Crippen LogP contribution in [0.4, 0.5) is 17.2 Å². The Balaban J connectivity index is 1.78. The van der Waals surface area contributed by atoms with E-state index >= 15 is 0 Å². The second-order valence-electron chi connectivity index (χ2n) is 6.52. The van der Waals surface area contributed by atoms with Crippen LogP contribution in [-0.4, -0.2) is 31.8 Å². The van der Waals surface area contributed by atoms with Gasteiger partial charge in [0.2, 0.25) is 0 Å². The molecule has 0 atom stereocenters. The van der Waals surface area contributed by atoms with Crippen LogP contribution in [0.5, 0.6) is 0 Å². The number of nitrogens with zero attached hydrogens (tertiary/aromatic N) is 6. The zero-order chi connectivity index (χ0) is 20.0. The summed E-state index contributed by atoms with van der Waals surface area (Å²) in [6.07, 6.45) is 1.57.